The van der Waals surface area contributed by atoms with E-state index in [0.29, 0.717) is 24.2 Å². The van der Waals surface area contributed by atoms with Crippen LogP contribution < -0.4 is 42.5 Å². The minimum atomic E-state index is -1.01. The van der Waals surface area contributed by atoms with Gasteiger partial charge in [-0.2, -0.15) is 0 Å². The third-order valence-corrected chi connectivity index (χ3v) is 14.1. The van der Waals surface area contributed by atoms with Crippen LogP contribution in [0.2, 0.25) is 0 Å². The van der Waals surface area contributed by atoms with Crippen molar-refractivity contribution in [3.63, 3.8) is 0 Å². The first kappa shape index (κ1) is 47.8. The number of hydrogen-bond donors (Lipinski definition) is 8. The smallest absolute Gasteiger partial charge is 0.252 e. The lowest BCUT2D eigenvalue weighted by Crippen LogP contribution is -2.58. The van der Waals surface area contributed by atoms with Crippen LogP contribution in [-0.2, 0) is 19.2 Å². The Bertz CT molecular complexity index is 2150. The Morgan fingerprint density at radius 1 is 0.516 bits per heavy atom. The van der Waals surface area contributed by atoms with Crippen LogP contribution in [0.4, 0.5) is 0 Å². The zero-order chi connectivity index (χ0) is 46.0. The van der Waals surface area contributed by atoms with E-state index in [1.807, 2.05) is 113 Å². The lowest BCUT2D eigenvalue weighted by Gasteiger charge is -2.25. The molecule has 0 bridgehead atoms. The van der Waals surface area contributed by atoms with Gasteiger partial charge < -0.3 is 31.9 Å². The fraction of sp³-hybridized carbons (Fsp3) is 0.375. The summed E-state index contributed by atoms with van der Waals surface area (Å²) in [6.45, 7) is 12.1. The monoisotopic (exact) mass is 906 g/mol. The summed E-state index contributed by atoms with van der Waals surface area (Å²) in [4.78, 5) is 82.1. The van der Waals surface area contributed by atoms with Gasteiger partial charge in [0, 0.05) is 46.8 Å². The maximum absolute atomic E-state index is 13.8. The predicted molar refractivity (Wildman–Crippen MR) is 254 cm³/mol. The summed E-state index contributed by atoms with van der Waals surface area (Å²) >= 11 is 2.78. The van der Waals surface area contributed by atoms with E-state index >= 15 is 0 Å². The summed E-state index contributed by atoms with van der Waals surface area (Å²) in [6.07, 6.45) is 0. The number of benzene rings is 4. The van der Waals surface area contributed by atoms with Gasteiger partial charge in [-0.1, -0.05) is 97.1 Å². The minimum Gasteiger partial charge on any atom is -0.355 e. The molecule has 4 aromatic rings. The van der Waals surface area contributed by atoms with Crippen LogP contribution in [0.3, 0.4) is 0 Å². The molecule has 6 atom stereocenters. The number of likely N-dealkylation sites (N-methyl/N-ethyl adjacent to an activating group) is 2. The summed E-state index contributed by atoms with van der Waals surface area (Å²) in [6, 6.07) is 30.0. The van der Waals surface area contributed by atoms with E-state index in [1.165, 1.54) is 23.5 Å². The van der Waals surface area contributed by atoms with E-state index < -0.39 is 56.2 Å². The molecule has 338 valence electrons. The second-order valence-electron chi connectivity index (χ2n) is 16.6. The Hall–Kier alpha value is -5.68. The Morgan fingerprint density at radius 2 is 0.859 bits per heavy atom. The van der Waals surface area contributed by atoms with Crippen molar-refractivity contribution >= 4 is 59.0 Å². The van der Waals surface area contributed by atoms with E-state index in [-0.39, 0.29) is 36.7 Å². The first-order chi connectivity index (χ1) is 30.6. The summed E-state index contributed by atoms with van der Waals surface area (Å²) in [5.74, 6) is -2.25. The van der Waals surface area contributed by atoms with Crippen molar-refractivity contribution in [3.05, 3.63) is 120 Å². The molecule has 16 heteroatoms. The predicted octanol–water partition coefficient (Wildman–Crippen LogP) is 4.04. The summed E-state index contributed by atoms with van der Waals surface area (Å²) < 4.78 is -1.36. The normalized spacial score (nSPS) is 20.5. The van der Waals surface area contributed by atoms with Gasteiger partial charge in [-0.3, -0.25) is 39.4 Å². The Labute approximate surface area is 383 Å². The van der Waals surface area contributed by atoms with Crippen LogP contribution in [0, 0.1) is 0 Å². The Kier molecular flexibility index (Phi) is 15.9. The fourth-order valence-electron chi connectivity index (χ4n) is 7.94. The highest BCUT2D eigenvalue weighted by Gasteiger charge is 2.50. The van der Waals surface area contributed by atoms with E-state index in [4.69, 9.17) is 0 Å². The average molecular weight is 907 g/mol. The molecule has 0 aliphatic carbocycles. The largest absolute Gasteiger partial charge is 0.355 e. The SMILES string of the molecule is CCNC(=O)[C@@H](NC(=O)c1ccccc1-c1ccccc1)[C@@H]1NC(C(=O)NCCNC(=O)[C@@H]2N[C@@H]([C@H](NC(=O)c3ccccc3-c3ccccc3)C(=O)NCC)SC2(C)C)C(C)(C)S1. The Morgan fingerprint density at radius 3 is 1.22 bits per heavy atom. The molecule has 2 aliphatic heterocycles. The molecule has 0 radical (unpaired) electrons. The average Bonchev–Trinajstić information content (AvgIpc) is 3.79. The molecule has 14 nitrogen and oxygen atoms in total. The number of amides is 6. The van der Waals surface area contributed by atoms with Crippen LogP contribution in [-0.4, -0.2) is 106 Å². The molecule has 0 aromatic heterocycles. The van der Waals surface area contributed by atoms with Crippen molar-refractivity contribution in [1.29, 1.82) is 0 Å². The fourth-order valence-corrected chi connectivity index (χ4v) is 10.9. The van der Waals surface area contributed by atoms with Crippen molar-refractivity contribution in [3.8, 4) is 22.3 Å². The molecular formula is C48H58N8O6S2. The van der Waals surface area contributed by atoms with Gasteiger partial charge in [0.05, 0.1) is 10.7 Å². The molecule has 6 rings (SSSR count). The molecule has 2 saturated heterocycles. The van der Waals surface area contributed by atoms with E-state index in [9.17, 15) is 28.8 Å². The van der Waals surface area contributed by atoms with E-state index in [1.54, 1.807) is 38.1 Å². The number of carbonyl (C=O) groups is 6. The first-order valence-corrected chi connectivity index (χ1v) is 23.3. The van der Waals surface area contributed by atoms with Gasteiger partial charge >= 0.3 is 0 Å². The van der Waals surface area contributed by atoms with Crippen LogP contribution >= 0.6 is 23.5 Å². The zero-order valence-corrected chi connectivity index (χ0v) is 38.6. The number of nitrogens with one attached hydrogen (secondary N) is 8. The Balaban J connectivity index is 1.06. The molecule has 2 heterocycles. The van der Waals surface area contributed by atoms with Gasteiger partial charge in [-0.25, -0.2) is 0 Å². The first-order valence-electron chi connectivity index (χ1n) is 21.5. The molecule has 6 amide bonds. The van der Waals surface area contributed by atoms with Crippen molar-refractivity contribution in [2.24, 2.45) is 0 Å². The van der Waals surface area contributed by atoms with Gasteiger partial charge in [0.2, 0.25) is 23.6 Å². The van der Waals surface area contributed by atoms with Crippen molar-refractivity contribution in [2.45, 2.75) is 86.0 Å². The molecular weight excluding hydrogens is 849 g/mol. The number of carbonyl (C=O) groups excluding carboxylic acids is 6. The van der Waals surface area contributed by atoms with E-state index in [0.717, 1.165) is 22.3 Å². The van der Waals surface area contributed by atoms with Gasteiger partial charge in [0.25, 0.3) is 11.8 Å². The number of rotatable bonds is 17. The second-order valence-corrected chi connectivity index (χ2v) is 20.2. The van der Waals surface area contributed by atoms with Crippen LogP contribution in [0.1, 0.15) is 62.3 Å². The quantitative estimate of drug-likeness (QED) is 0.0717. The minimum absolute atomic E-state index is 0.114. The highest BCUT2D eigenvalue weighted by molar-refractivity contribution is 8.01. The standard InChI is InChI=1S/C48H58N8O6S2/c1-7-49-41(59)35(53-39(57)33-25-17-15-23-31(33)29-19-11-9-12-20-29)45-55-37(47(3,4)63-45)43(61)51-27-28-52-44(62)38-48(5,6)64-46(56-38)36(42(60)50-8-2)54-40(58)34-26-18-16-24-32(34)30-21-13-10-14-22-30/h9-26,35-38,45-46,55-56H,7-8,27-28H2,1-6H3,(H,49,59)(H,50,60)(H,51,61)(H,52,62)(H,53,57)(H,54,58)/t35-,36-,37+,38?,45-,46-/m1/s1. The van der Waals surface area contributed by atoms with Gasteiger partial charge in [0.15, 0.2) is 0 Å². The maximum Gasteiger partial charge on any atom is 0.252 e. The lowest BCUT2D eigenvalue weighted by atomic mass is 9.99. The number of thioether (sulfide) groups is 2. The highest BCUT2D eigenvalue weighted by atomic mass is 32.2. The lowest BCUT2D eigenvalue weighted by molar-refractivity contribution is -0.126. The van der Waals surface area contributed by atoms with Gasteiger partial charge in [0.1, 0.15) is 24.2 Å². The topological polar surface area (TPSA) is 199 Å². The zero-order valence-electron chi connectivity index (χ0n) is 37.0. The molecule has 2 aliphatic rings. The van der Waals surface area contributed by atoms with Crippen LogP contribution in [0.25, 0.3) is 22.3 Å². The molecule has 8 N–H and O–H groups in total. The molecule has 0 spiro atoms. The van der Waals surface area contributed by atoms with Crippen LogP contribution in [0.5, 0.6) is 0 Å². The molecule has 64 heavy (non-hydrogen) atoms. The van der Waals surface area contributed by atoms with Crippen molar-refractivity contribution in [1.82, 2.24) is 42.5 Å². The molecule has 0 saturated carbocycles. The summed E-state index contributed by atoms with van der Waals surface area (Å²) in [5.41, 5.74) is 4.02. The molecule has 1 unspecified atom stereocenters. The third kappa shape index (κ3) is 11.3. The number of hydrogen-bond acceptors (Lipinski definition) is 10. The third-order valence-electron chi connectivity index (χ3n) is 11.1. The van der Waals surface area contributed by atoms with Gasteiger partial charge in [-0.15, -0.1) is 23.5 Å². The summed E-state index contributed by atoms with van der Waals surface area (Å²) in [7, 11) is 0. The van der Waals surface area contributed by atoms with Crippen molar-refractivity contribution in [2.75, 3.05) is 26.2 Å². The maximum atomic E-state index is 13.8. The second kappa shape index (κ2) is 21.3. The highest BCUT2D eigenvalue weighted by Crippen LogP contribution is 2.41. The van der Waals surface area contributed by atoms with Crippen LogP contribution in [0.15, 0.2) is 109 Å². The van der Waals surface area contributed by atoms with Gasteiger partial charge in [-0.05, 0) is 75.9 Å². The molecule has 4 aromatic carbocycles. The van der Waals surface area contributed by atoms with Crippen molar-refractivity contribution < 1.29 is 28.8 Å². The molecule has 2 fully saturated rings. The van der Waals surface area contributed by atoms with E-state index in [2.05, 4.69) is 42.5 Å². The summed E-state index contributed by atoms with van der Waals surface area (Å²) in [5, 5.41) is 22.7.